The third-order valence-electron chi connectivity index (χ3n) is 4.13. The summed E-state index contributed by atoms with van der Waals surface area (Å²) in [5.41, 5.74) is 4.49. The summed E-state index contributed by atoms with van der Waals surface area (Å²) < 4.78 is 12.2. The summed E-state index contributed by atoms with van der Waals surface area (Å²) in [6.07, 6.45) is 1.62. The molecule has 0 saturated carbocycles. The molecule has 2 atom stereocenters. The van der Waals surface area contributed by atoms with Gasteiger partial charge < -0.3 is 24.7 Å². The molecule has 1 aromatic heterocycles. The molecule has 1 fully saturated rings. The van der Waals surface area contributed by atoms with Crippen LogP contribution >= 0.6 is 0 Å². The SMILES string of the molecule is COc1c2n(cc(C(N)=O)c1=O)C[C@@H]1OCC[C@@H](C)N1C2=O. The Bertz CT molecular complexity index is 711. The van der Waals surface area contributed by atoms with Crippen LogP contribution in [0.15, 0.2) is 11.0 Å². The second-order valence-electron chi connectivity index (χ2n) is 5.45. The van der Waals surface area contributed by atoms with Gasteiger partial charge in [-0.1, -0.05) is 0 Å². The quantitative estimate of drug-likeness (QED) is 0.796. The largest absolute Gasteiger partial charge is 0.491 e. The first-order valence-corrected chi connectivity index (χ1v) is 7.01. The summed E-state index contributed by atoms with van der Waals surface area (Å²) in [4.78, 5) is 38.1. The number of primary amides is 1. The average Bonchev–Trinajstić information content (AvgIpc) is 2.47. The van der Waals surface area contributed by atoms with Crippen molar-refractivity contribution in [1.29, 1.82) is 0 Å². The number of hydrogen-bond acceptors (Lipinski definition) is 5. The highest BCUT2D eigenvalue weighted by atomic mass is 16.5. The molecular formula is C14H17N3O5. The first-order valence-electron chi connectivity index (χ1n) is 7.01. The minimum Gasteiger partial charge on any atom is -0.491 e. The Hall–Kier alpha value is -2.35. The number of fused-ring (bicyclic) bond motifs is 2. The predicted octanol–water partition coefficient (Wildman–Crippen LogP) is -0.453. The Morgan fingerprint density at radius 3 is 2.82 bits per heavy atom. The van der Waals surface area contributed by atoms with Crippen molar-refractivity contribution in [2.45, 2.75) is 32.2 Å². The molecule has 0 spiro atoms. The Kier molecular flexibility index (Phi) is 3.40. The Labute approximate surface area is 126 Å². The molecule has 3 heterocycles. The number of ether oxygens (including phenoxy) is 2. The Morgan fingerprint density at radius 2 is 2.18 bits per heavy atom. The molecule has 22 heavy (non-hydrogen) atoms. The molecule has 118 valence electrons. The standard InChI is InChI=1S/C14H17N3O5/c1-7-3-4-22-9-6-16-5-8(13(15)19)11(18)12(21-2)10(16)14(20)17(7)9/h5,7,9H,3-4,6H2,1-2H3,(H2,15,19)/t7-,9+/m1/s1. The van der Waals surface area contributed by atoms with Crippen molar-refractivity contribution in [3.63, 3.8) is 0 Å². The van der Waals surface area contributed by atoms with Gasteiger partial charge in [-0.3, -0.25) is 14.4 Å². The van der Waals surface area contributed by atoms with Gasteiger partial charge in [0.15, 0.2) is 17.7 Å². The average molecular weight is 307 g/mol. The van der Waals surface area contributed by atoms with Crippen LogP contribution < -0.4 is 15.9 Å². The summed E-state index contributed by atoms with van der Waals surface area (Å²) in [6, 6.07) is 0.00984. The molecule has 2 N–H and O–H groups in total. The van der Waals surface area contributed by atoms with Crippen molar-refractivity contribution in [3.8, 4) is 5.75 Å². The van der Waals surface area contributed by atoms with Crippen LogP contribution in [0.4, 0.5) is 0 Å². The van der Waals surface area contributed by atoms with E-state index in [0.717, 1.165) is 6.42 Å². The van der Waals surface area contributed by atoms with Gasteiger partial charge in [0.2, 0.25) is 5.43 Å². The number of aromatic nitrogens is 1. The van der Waals surface area contributed by atoms with Gasteiger partial charge >= 0.3 is 0 Å². The van der Waals surface area contributed by atoms with Crippen molar-refractivity contribution in [1.82, 2.24) is 9.47 Å². The Balaban J connectivity index is 2.21. The lowest BCUT2D eigenvalue weighted by molar-refractivity contribution is -0.112. The number of hydrogen-bond donors (Lipinski definition) is 1. The molecule has 2 aliphatic rings. The molecule has 1 saturated heterocycles. The zero-order valence-electron chi connectivity index (χ0n) is 12.4. The van der Waals surface area contributed by atoms with E-state index in [1.807, 2.05) is 6.92 Å². The van der Waals surface area contributed by atoms with E-state index in [0.29, 0.717) is 13.2 Å². The van der Waals surface area contributed by atoms with Crippen LogP contribution in [0.2, 0.25) is 0 Å². The molecular weight excluding hydrogens is 290 g/mol. The number of carbonyl (C=O) groups excluding carboxylic acids is 2. The smallest absolute Gasteiger partial charge is 0.276 e. The molecule has 0 aromatic carbocycles. The van der Waals surface area contributed by atoms with Crippen LogP contribution in [0.1, 0.15) is 34.2 Å². The van der Waals surface area contributed by atoms with E-state index >= 15 is 0 Å². The number of methoxy groups -OCH3 is 1. The fourth-order valence-corrected chi connectivity index (χ4v) is 3.01. The molecule has 2 aliphatic heterocycles. The zero-order valence-corrected chi connectivity index (χ0v) is 12.4. The van der Waals surface area contributed by atoms with E-state index < -0.39 is 17.6 Å². The predicted molar refractivity (Wildman–Crippen MR) is 75.8 cm³/mol. The van der Waals surface area contributed by atoms with Gasteiger partial charge in [-0.2, -0.15) is 0 Å². The monoisotopic (exact) mass is 307 g/mol. The van der Waals surface area contributed by atoms with Crippen LogP contribution in [0.25, 0.3) is 0 Å². The lowest BCUT2D eigenvalue weighted by Crippen LogP contribution is -2.57. The minimum absolute atomic E-state index is 0.00984. The highest BCUT2D eigenvalue weighted by molar-refractivity contribution is 5.99. The van der Waals surface area contributed by atoms with Crippen molar-refractivity contribution in [2.75, 3.05) is 13.7 Å². The van der Waals surface area contributed by atoms with E-state index in [1.54, 1.807) is 4.90 Å². The van der Waals surface area contributed by atoms with E-state index in [9.17, 15) is 14.4 Å². The van der Waals surface area contributed by atoms with Gasteiger partial charge in [-0.15, -0.1) is 0 Å². The highest BCUT2D eigenvalue weighted by Gasteiger charge is 2.41. The molecule has 1 aromatic rings. The van der Waals surface area contributed by atoms with Crippen LogP contribution in [0.5, 0.6) is 5.75 Å². The fourth-order valence-electron chi connectivity index (χ4n) is 3.01. The van der Waals surface area contributed by atoms with Gasteiger partial charge in [0, 0.05) is 12.2 Å². The van der Waals surface area contributed by atoms with Crippen molar-refractivity contribution < 1.29 is 19.1 Å². The number of amides is 2. The van der Waals surface area contributed by atoms with Gasteiger partial charge in [-0.05, 0) is 13.3 Å². The van der Waals surface area contributed by atoms with Crippen LogP contribution in [-0.2, 0) is 11.3 Å². The van der Waals surface area contributed by atoms with Crippen molar-refractivity contribution in [3.05, 3.63) is 27.7 Å². The maximum absolute atomic E-state index is 12.8. The molecule has 8 heteroatoms. The van der Waals surface area contributed by atoms with Crippen LogP contribution in [0, 0.1) is 0 Å². The van der Waals surface area contributed by atoms with E-state index in [4.69, 9.17) is 15.2 Å². The number of pyridine rings is 1. The zero-order chi connectivity index (χ0) is 16.0. The molecule has 0 aliphatic carbocycles. The third-order valence-corrected chi connectivity index (χ3v) is 4.13. The number of carbonyl (C=O) groups is 2. The molecule has 0 bridgehead atoms. The summed E-state index contributed by atoms with van der Waals surface area (Å²) in [7, 11) is 1.29. The molecule has 3 rings (SSSR count). The van der Waals surface area contributed by atoms with E-state index in [1.165, 1.54) is 17.9 Å². The van der Waals surface area contributed by atoms with Gasteiger partial charge in [-0.25, -0.2) is 0 Å². The summed E-state index contributed by atoms with van der Waals surface area (Å²) in [5, 5.41) is 0. The van der Waals surface area contributed by atoms with Crippen molar-refractivity contribution >= 4 is 11.8 Å². The normalized spacial score (nSPS) is 23.7. The lowest BCUT2D eigenvalue weighted by atomic mass is 10.1. The maximum Gasteiger partial charge on any atom is 0.276 e. The van der Waals surface area contributed by atoms with Gasteiger partial charge in [0.05, 0.1) is 20.3 Å². The second kappa shape index (κ2) is 5.13. The fraction of sp³-hybridized carbons (Fsp3) is 0.500. The summed E-state index contributed by atoms with van der Waals surface area (Å²) >= 11 is 0. The Morgan fingerprint density at radius 1 is 1.45 bits per heavy atom. The van der Waals surface area contributed by atoms with Crippen molar-refractivity contribution in [2.24, 2.45) is 5.73 Å². The summed E-state index contributed by atoms with van der Waals surface area (Å²) in [6.45, 7) is 2.82. The van der Waals surface area contributed by atoms with Crippen LogP contribution in [0.3, 0.4) is 0 Å². The van der Waals surface area contributed by atoms with E-state index in [-0.39, 0.29) is 29.0 Å². The molecule has 2 amide bonds. The summed E-state index contributed by atoms with van der Waals surface area (Å²) in [5.74, 6) is -1.35. The van der Waals surface area contributed by atoms with E-state index in [2.05, 4.69) is 0 Å². The topological polar surface area (TPSA) is 104 Å². The molecule has 0 unspecified atom stereocenters. The first-order chi connectivity index (χ1) is 10.5. The van der Waals surface area contributed by atoms with Gasteiger partial charge in [0.1, 0.15) is 5.56 Å². The van der Waals surface area contributed by atoms with Gasteiger partial charge in [0.25, 0.3) is 11.8 Å². The molecule has 8 nitrogen and oxygen atoms in total. The lowest BCUT2D eigenvalue weighted by Gasteiger charge is -2.44. The number of nitrogens with two attached hydrogens (primary N) is 1. The maximum atomic E-state index is 12.8. The van der Waals surface area contributed by atoms with Crippen LogP contribution in [-0.4, -0.2) is 47.3 Å². The third kappa shape index (κ3) is 1.98. The molecule has 0 radical (unpaired) electrons. The number of rotatable bonds is 2. The number of nitrogens with zero attached hydrogens (tertiary/aromatic N) is 2. The second-order valence-corrected chi connectivity index (χ2v) is 5.45. The minimum atomic E-state index is -0.855. The highest BCUT2D eigenvalue weighted by Crippen LogP contribution is 2.29. The first kappa shape index (κ1) is 14.6.